The van der Waals surface area contributed by atoms with E-state index in [4.69, 9.17) is 10.9 Å². The van der Waals surface area contributed by atoms with Crippen molar-refractivity contribution in [3.05, 3.63) is 29.8 Å². The minimum Gasteiger partial charge on any atom is -0.326 e. The molecule has 3 heteroatoms. The fourth-order valence-electron chi connectivity index (χ4n) is 0.846. The van der Waals surface area contributed by atoms with Crippen molar-refractivity contribution in [1.29, 1.82) is 0 Å². The molecule has 0 aliphatic carbocycles. The van der Waals surface area contributed by atoms with E-state index in [1.165, 1.54) is 0 Å². The zero-order valence-electron chi connectivity index (χ0n) is 5.62. The number of nitrogens with two attached hydrogens (primary N) is 2. The Bertz CT molecular complexity index is 190. The molecule has 0 saturated heterocycles. The van der Waals surface area contributed by atoms with Crippen LogP contribution < -0.4 is 11.2 Å². The number of para-hydroxylation sites is 1. The van der Waals surface area contributed by atoms with Gasteiger partial charge < -0.3 is 5.73 Å². The van der Waals surface area contributed by atoms with E-state index in [0.717, 1.165) is 16.7 Å². The van der Waals surface area contributed by atoms with E-state index < -0.39 is 0 Å². The molecule has 54 valence electrons. The van der Waals surface area contributed by atoms with E-state index in [1.807, 2.05) is 24.3 Å². The van der Waals surface area contributed by atoms with Crippen LogP contribution in [0.5, 0.6) is 0 Å². The van der Waals surface area contributed by atoms with E-state index in [1.54, 1.807) is 0 Å². The second-order valence-corrected chi connectivity index (χ2v) is 2.03. The maximum atomic E-state index is 8.67. The molecule has 3 nitrogen and oxygen atoms in total. The molecule has 0 aromatic heterocycles. The number of hydrogen-bond donors (Lipinski definition) is 3. The van der Waals surface area contributed by atoms with Gasteiger partial charge in [0.05, 0.1) is 0 Å². The SMILES string of the molecule is NCc1ccccc1[NH2+]O. The Morgan fingerprint density at radius 3 is 2.60 bits per heavy atom. The van der Waals surface area contributed by atoms with Crippen LogP contribution in [0, 0.1) is 0 Å². The summed E-state index contributed by atoms with van der Waals surface area (Å²) in [5.41, 5.74) is 8.23. The molecular formula is C7H11N2O+. The molecule has 0 heterocycles. The zero-order valence-corrected chi connectivity index (χ0v) is 5.62. The Balaban J connectivity index is 2.96. The summed E-state index contributed by atoms with van der Waals surface area (Å²) in [7, 11) is 0. The molecular weight excluding hydrogens is 128 g/mol. The van der Waals surface area contributed by atoms with E-state index in [9.17, 15) is 0 Å². The smallest absolute Gasteiger partial charge is 0.166 e. The number of quaternary nitrogens is 1. The third-order valence-electron chi connectivity index (χ3n) is 1.41. The van der Waals surface area contributed by atoms with Crippen LogP contribution in [0.3, 0.4) is 0 Å². The van der Waals surface area contributed by atoms with Gasteiger partial charge in [0, 0.05) is 18.2 Å². The molecule has 0 aliphatic rings. The molecule has 1 aromatic rings. The Labute approximate surface area is 59.4 Å². The second-order valence-electron chi connectivity index (χ2n) is 2.03. The van der Waals surface area contributed by atoms with Crippen LogP contribution in [0.4, 0.5) is 5.69 Å². The van der Waals surface area contributed by atoms with Crippen LogP contribution in [0.25, 0.3) is 0 Å². The molecule has 0 unspecified atom stereocenters. The lowest BCUT2D eigenvalue weighted by atomic mass is 10.2. The van der Waals surface area contributed by atoms with Crippen LogP contribution in [0.1, 0.15) is 5.56 Å². The summed E-state index contributed by atoms with van der Waals surface area (Å²) < 4.78 is 0. The Morgan fingerprint density at radius 2 is 2.10 bits per heavy atom. The lowest BCUT2D eigenvalue weighted by molar-refractivity contribution is -0.826. The topological polar surface area (TPSA) is 62.9 Å². The van der Waals surface area contributed by atoms with Gasteiger partial charge in [-0.15, -0.1) is 0 Å². The average molecular weight is 139 g/mol. The summed E-state index contributed by atoms with van der Waals surface area (Å²) in [4.78, 5) is 0. The van der Waals surface area contributed by atoms with Gasteiger partial charge in [-0.1, -0.05) is 18.2 Å². The van der Waals surface area contributed by atoms with Crippen LogP contribution >= 0.6 is 0 Å². The van der Waals surface area contributed by atoms with Gasteiger partial charge >= 0.3 is 0 Å². The molecule has 0 bridgehead atoms. The third-order valence-corrected chi connectivity index (χ3v) is 1.41. The lowest BCUT2D eigenvalue weighted by Gasteiger charge is -1.98. The van der Waals surface area contributed by atoms with Gasteiger partial charge in [-0.2, -0.15) is 5.48 Å². The summed E-state index contributed by atoms with van der Waals surface area (Å²) in [5, 5.41) is 8.67. The molecule has 1 aromatic carbocycles. The number of benzene rings is 1. The predicted molar refractivity (Wildman–Crippen MR) is 37.7 cm³/mol. The molecule has 0 fully saturated rings. The van der Waals surface area contributed by atoms with E-state index in [0.29, 0.717) is 6.54 Å². The highest BCUT2D eigenvalue weighted by atomic mass is 16.5. The number of rotatable bonds is 2. The first-order chi connectivity index (χ1) is 4.88. The minimum absolute atomic E-state index is 0.466. The standard InChI is InChI=1S/C7H10N2O/c8-5-6-3-1-2-4-7(6)9-10/h1-4,9-10H,5,8H2/p+1. The summed E-state index contributed by atoms with van der Waals surface area (Å²) in [6.45, 7) is 0.466. The molecule has 0 saturated carbocycles. The molecule has 0 atom stereocenters. The fraction of sp³-hybridized carbons (Fsp3) is 0.143. The maximum Gasteiger partial charge on any atom is 0.166 e. The first-order valence-electron chi connectivity index (χ1n) is 3.14. The van der Waals surface area contributed by atoms with Crippen molar-refractivity contribution >= 4 is 5.69 Å². The highest BCUT2D eigenvalue weighted by Gasteiger charge is 1.99. The van der Waals surface area contributed by atoms with Crippen molar-refractivity contribution in [3.63, 3.8) is 0 Å². The molecule has 5 N–H and O–H groups in total. The van der Waals surface area contributed by atoms with Gasteiger partial charge in [-0.3, -0.25) is 0 Å². The van der Waals surface area contributed by atoms with Crippen molar-refractivity contribution < 1.29 is 10.7 Å². The fourth-order valence-corrected chi connectivity index (χ4v) is 0.846. The first kappa shape index (κ1) is 7.21. The van der Waals surface area contributed by atoms with Gasteiger partial charge in [0.25, 0.3) is 0 Å². The van der Waals surface area contributed by atoms with Crippen LogP contribution in [0.15, 0.2) is 24.3 Å². The second kappa shape index (κ2) is 3.31. The van der Waals surface area contributed by atoms with Crippen LogP contribution in [-0.2, 0) is 6.54 Å². The minimum atomic E-state index is 0.466. The lowest BCUT2D eigenvalue weighted by Crippen LogP contribution is -2.74. The molecule has 0 spiro atoms. The third kappa shape index (κ3) is 1.33. The predicted octanol–water partition coefficient (Wildman–Crippen LogP) is -0.271. The average Bonchev–Trinajstić information content (AvgIpc) is 2.04. The molecule has 0 radical (unpaired) electrons. The summed E-state index contributed by atoms with van der Waals surface area (Å²) in [6, 6.07) is 7.47. The van der Waals surface area contributed by atoms with Gasteiger partial charge in [-0.05, 0) is 0 Å². The van der Waals surface area contributed by atoms with Crippen molar-refractivity contribution in [1.82, 2.24) is 0 Å². The van der Waals surface area contributed by atoms with Gasteiger partial charge in [0.1, 0.15) is 0 Å². The summed E-state index contributed by atoms with van der Waals surface area (Å²) in [5.74, 6) is 0. The summed E-state index contributed by atoms with van der Waals surface area (Å²) >= 11 is 0. The molecule has 10 heavy (non-hydrogen) atoms. The zero-order chi connectivity index (χ0) is 7.40. The Morgan fingerprint density at radius 1 is 1.40 bits per heavy atom. The van der Waals surface area contributed by atoms with Crippen molar-refractivity contribution in [2.24, 2.45) is 5.73 Å². The van der Waals surface area contributed by atoms with E-state index in [2.05, 4.69) is 0 Å². The largest absolute Gasteiger partial charge is 0.326 e. The quantitative estimate of drug-likeness (QED) is 0.390. The maximum absolute atomic E-state index is 8.67. The molecule has 0 aliphatic heterocycles. The van der Waals surface area contributed by atoms with Crippen molar-refractivity contribution in [3.8, 4) is 0 Å². The monoisotopic (exact) mass is 139 g/mol. The highest BCUT2D eigenvalue weighted by Crippen LogP contribution is 2.06. The Hall–Kier alpha value is -0.900. The normalized spacial score (nSPS) is 9.80. The van der Waals surface area contributed by atoms with Crippen molar-refractivity contribution in [2.75, 3.05) is 0 Å². The molecule has 1 rings (SSSR count). The van der Waals surface area contributed by atoms with Gasteiger partial charge in [0.15, 0.2) is 5.69 Å². The van der Waals surface area contributed by atoms with Crippen molar-refractivity contribution in [2.45, 2.75) is 6.54 Å². The van der Waals surface area contributed by atoms with Gasteiger partial charge in [0.2, 0.25) is 0 Å². The Kier molecular flexibility index (Phi) is 2.39. The molecule has 0 amide bonds. The van der Waals surface area contributed by atoms with E-state index >= 15 is 0 Å². The summed E-state index contributed by atoms with van der Waals surface area (Å²) in [6.07, 6.45) is 0. The van der Waals surface area contributed by atoms with E-state index in [-0.39, 0.29) is 0 Å². The highest BCUT2D eigenvalue weighted by molar-refractivity contribution is 5.37. The number of hydrogen-bond acceptors (Lipinski definition) is 2. The van der Waals surface area contributed by atoms with Crippen LogP contribution in [0.2, 0.25) is 0 Å². The first-order valence-corrected chi connectivity index (χ1v) is 3.14. The van der Waals surface area contributed by atoms with Crippen LogP contribution in [-0.4, -0.2) is 5.21 Å². The van der Waals surface area contributed by atoms with Gasteiger partial charge in [-0.25, -0.2) is 5.21 Å².